The molecular formula is C9H12FN3O3. The lowest BCUT2D eigenvalue weighted by molar-refractivity contribution is -0.0183. The zero-order valence-electron chi connectivity index (χ0n) is 8.58. The molecule has 16 heavy (non-hydrogen) atoms. The summed E-state index contributed by atoms with van der Waals surface area (Å²) < 4.78 is 19.7. The van der Waals surface area contributed by atoms with Crippen LogP contribution >= 0.6 is 0 Å². The normalized spacial score (nSPS) is 34.2. The van der Waals surface area contributed by atoms with E-state index in [1.807, 2.05) is 0 Å². The number of hydrogen-bond donors (Lipinski definition) is 2. The molecule has 1 aliphatic heterocycles. The van der Waals surface area contributed by atoms with E-state index >= 15 is 0 Å². The number of alkyl halides is 1. The predicted octanol–water partition coefficient (Wildman–Crippen LogP) is -0.558. The van der Waals surface area contributed by atoms with Crippen LogP contribution in [0.25, 0.3) is 0 Å². The summed E-state index contributed by atoms with van der Waals surface area (Å²) >= 11 is 0. The second-order valence-corrected chi connectivity index (χ2v) is 3.71. The number of aliphatic hydroxyl groups excluding tert-OH is 1. The molecule has 0 spiro atoms. The van der Waals surface area contributed by atoms with Gasteiger partial charge in [-0.05, 0) is 13.0 Å². The summed E-state index contributed by atoms with van der Waals surface area (Å²) in [6, 6.07) is 1.37. The van der Waals surface area contributed by atoms with Crippen LogP contribution in [-0.2, 0) is 4.74 Å². The van der Waals surface area contributed by atoms with Crippen molar-refractivity contribution >= 4 is 5.82 Å². The molecule has 0 saturated carbocycles. The molecule has 1 aromatic rings. The molecule has 3 N–H and O–H groups in total. The first-order valence-corrected chi connectivity index (χ1v) is 4.83. The maximum absolute atomic E-state index is 13.6. The summed E-state index contributed by atoms with van der Waals surface area (Å²) in [6.07, 6.45) is -3.41. The van der Waals surface area contributed by atoms with Crippen molar-refractivity contribution in [3.05, 3.63) is 22.7 Å². The van der Waals surface area contributed by atoms with Crippen LogP contribution in [0.15, 0.2) is 17.1 Å². The van der Waals surface area contributed by atoms with Gasteiger partial charge >= 0.3 is 5.69 Å². The summed E-state index contributed by atoms with van der Waals surface area (Å²) in [7, 11) is 0. The number of aromatic nitrogens is 2. The van der Waals surface area contributed by atoms with Crippen molar-refractivity contribution in [1.82, 2.24) is 9.55 Å². The monoisotopic (exact) mass is 229 g/mol. The first-order chi connectivity index (χ1) is 7.50. The van der Waals surface area contributed by atoms with Gasteiger partial charge in [-0.2, -0.15) is 4.98 Å². The molecule has 6 nitrogen and oxygen atoms in total. The third kappa shape index (κ3) is 1.68. The van der Waals surface area contributed by atoms with E-state index in [2.05, 4.69) is 4.98 Å². The van der Waals surface area contributed by atoms with Gasteiger partial charge in [0.05, 0.1) is 6.10 Å². The van der Waals surface area contributed by atoms with Crippen LogP contribution < -0.4 is 11.4 Å². The fourth-order valence-electron chi connectivity index (χ4n) is 1.64. The van der Waals surface area contributed by atoms with Gasteiger partial charge in [0, 0.05) is 6.20 Å². The smallest absolute Gasteiger partial charge is 0.351 e. The maximum atomic E-state index is 13.6. The molecule has 0 amide bonds. The van der Waals surface area contributed by atoms with Crippen molar-refractivity contribution in [2.45, 2.75) is 31.5 Å². The van der Waals surface area contributed by atoms with Crippen molar-refractivity contribution in [2.24, 2.45) is 0 Å². The number of rotatable bonds is 1. The van der Waals surface area contributed by atoms with Crippen LogP contribution in [0.3, 0.4) is 0 Å². The van der Waals surface area contributed by atoms with Crippen LogP contribution in [0.5, 0.6) is 0 Å². The zero-order chi connectivity index (χ0) is 11.9. The molecule has 88 valence electrons. The molecule has 0 aliphatic carbocycles. The highest BCUT2D eigenvalue weighted by molar-refractivity contribution is 5.23. The first kappa shape index (κ1) is 11.0. The van der Waals surface area contributed by atoms with Crippen LogP contribution in [-0.4, -0.2) is 33.0 Å². The molecule has 0 aromatic carbocycles. The number of nitrogens with zero attached hydrogens (tertiary/aromatic N) is 2. The minimum absolute atomic E-state index is 0.0586. The highest BCUT2D eigenvalue weighted by atomic mass is 19.1. The van der Waals surface area contributed by atoms with E-state index in [4.69, 9.17) is 10.5 Å². The molecule has 1 aliphatic rings. The van der Waals surface area contributed by atoms with Gasteiger partial charge in [-0.1, -0.05) is 0 Å². The Balaban J connectivity index is 2.35. The van der Waals surface area contributed by atoms with Gasteiger partial charge in [0.1, 0.15) is 11.9 Å². The number of nitrogen functional groups attached to an aromatic ring is 1. The molecule has 0 bridgehead atoms. The van der Waals surface area contributed by atoms with Crippen LogP contribution in [0.4, 0.5) is 10.2 Å². The molecule has 2 heterocycles. The van der Waals surface area contributed by atoms with E-state index in [0.29, 0.717) is 0 Å². The van der Waals surface area contributed by atoms with Gasteiger partial charge in [-0.3, -0.25) is 4.57 Å². The molecule has 1 fully saturated rings. The van der Waals surface area contributed by atoms with Crippen molar-refractivity contribution in [3.63, 3.8) is 0 Å². The Morgan fingerprint density at radius 1 is 1.69 bits per heavy atom. The van der Waals surface area contributed by atoms with E-state index in [0.717, 1.165) is 4.57 Å². The van der Waals surface area contributed by atoms with Gasteiger partial charge in [-0.15, -0.1) is 0 Å². The average molecular weight is 229 g/mol. The zero-order valence-corrected chi connectivity index (χ0v) is 8.58. The van der Waals surface area contributed by atoms with Crippen LogP contribution in [0.1, 0.15) is 13.2 Å². The second-order valence-electron chi connectivity index (χ2n) is 3.71. The Hall–Kier alpha value is -1.47. The molecule has 1 aromatic heterocycles. The maximum Gasteiger partial charge on any atom is 0.351 e. The molecule has 0 radical (unpaired) electrons. The molecular weight excluding hydrogens is 217 g/mol. The Morgan fingerprint density at radius 2 is 2.38 bits per heavy atom. The Morgan fingerprint density at radius 3 is 2.88 bits per heavy atom. The number of halogens is 1. The third-order valence-electron chi connectivity index (χ3n) is 2.56. The van der Waals surface area contributed by atoms with Crippen molar-refractivity contribution in [1.29, 1.82) is 0 Å². The quantitative estimate of drug-likeness (QED) is 0.673. The average Bonchev–Trinajstić information content (AvgIpc) is 2.46. The van der Waals surface area contributed by atoms with Gasteiger partial charge in [0.15, 0.2) is 12.4 Å². The predicted molar refractivity (Wildman–Crippen MR) is 53.4 cm³/mol. The first-order valence-electron chi connectivity index (χ1n) is 4.83. The van der Waals surface area contributed by atoms with Gasteiger partial charge < -0.3 is 15.6 Å². The van der Waals surface area contributed by atoms with Gasteiger partial charge in [0.2, 0.25) is 0 Å². The SMILES string of the molecule is C[C@H]1O[C@@H](n2ccc(N)nc2=O)[C@@H](F)[C@@H]1O. The fourth-order valence-corrected chi connectivity index (χ4v) is 1.64. The molecule has 4 atom stereocenters. The van der Waals surface area contributed by atoms with E-state index in [-0.39, 0.29) is 5.82 Å². The number of ether oxygens (including phenoxy) is 1. The van der Waals surface area contributed by atoms with Gasteiger partial charge in [0.25, 0.3) is 0 Å². The van der Waals surface area contributed by atoms with E-state index in [9.17, 15) is 14.3 Å². The van der Waals surface area contributed by atoms with Gasteiger partial charge in [-0.25, -0.2) is 9.18 Å². The summed E-state index contributed by atoms with van der Waals surface area (Å²) in [5.74, 6) is 0.0586. The van der Waals surface area contributed by atoms with E-state index < -0.39 is 30.3 Å². The summed E-state index contributed by atoms with van der Waals surface area (Å²) in [4.78, 5) is 14.9. The lowest BCUT2D eigenvalue weighted by Gasteiger charge is -2.15. The minimum Gasteiger partial charge on any atom is -0.387 e. The number of nitrogens with two attached hydrogens (primary N) is 1. The minimum atomic E-state index is -1.65. The van der Waals surface area contributed by atoms with Crippen molar-refractivity contribution in [3.8, 4) is 0 Å². The highest BCUT2D eigenvalue weighted by Gasteiger charge is 2.43. The Kier molecular flexibility index (Phi) is 2.64. The molecule has 2 rings (SSSR count). The Bertz CT molecular complexity index is 450. The second kappa shape index (κ2) is 3.84. The number of anilines is 1. The summed E-state index contributed by atoms with van der Waals surface area (Å²) in [5.41, 5.74) is 4.61. The standard InChI is InChI=1S/C9H12FN3O3/c1-4-7(14)6(10)8(16-4)13-3-2-5(11)12-9(13)15/h2-4,6-8,14H,1H3,(H2,11,12,15)/t4-,6+,7-,8-/m1/s1. The largest absolute Gasteiger partial charge is 0.387 e. The molecule has 1 saturated heterocycles. The third-order valence-corrected chi connectivity index (χ3v) is 2.56. The highest BCUT2D eigenvalue weighted by Crippen LogP contribution is 2.30. The molecule has 7 heteroatoms. The van der Waals surface area contributed by atoms with Crippen LogP contribution in [0, 0.1) is 0 Å². The van der Waals surface area contributed by atoms with E-state index in [1.165, 1.54) is 19.2 Å². The van der Waals surface area contributed by atoms with Crippen molar-refractivity contribution in [2.75, 3.05) is 5.73 Å². The van der Waals surface area contributed by atoms with Crippen molar-refractivity contribution < 1.29 is 14.2 Å². The van der Waals surface area contributed by atoms with E-state index in [1.54, 1.807) is 0 Å². The molecule has 0 unspecified atom stereocenters. The van der Waals surface area contributed by atoms with Crippen LogP contribution in [0.2, 0.25) is 0 Å². The fraction of sp³-hybridized carbons (Fsp3) is 0.556. The lowest BCUT2D eigenvalue weighted by atomic mass is 10.2. The summed E-state index contributed by atoms with van der Waals surface area (Å²) in [6.45, 7) is 1.53. The summed E-state index contributed by atoms with van der Waals surface area (Å²) in [5, 5.41) is 9.38. The topological polar surface area (TPSA) is 90.4 Å². The number of hydrogen-bond acceptors (Lipinski definition) is 5. The Labute approximate surface area is 90.5 Å². The lowest BCUT2D eigenvalue weighted by Crippen LogP contribution is -2.33. The number of aliphatic hydroxyl groups is 1.